The monoisotopic (exact) mass is 520 g/mol. The van der Waals surface area contributed by atoms with E-state index < -0.39 is 5.41 Å². The van der Waals surface area contributed by atoms with Crippen LogP contribution in [-0.4, -0.2) is 35.2 Å². The molecule has 5 aliphatic rings. The van der Waals surface area contributed by atoms with Gasteiger partial charge >= 0.3 is 0 Å². The van der Waals surface area contributed by atoms with Gasteiger partial charge in [0, 0.05) is 36.2 Å². The Bertz CT molecular complexity index is 1580. The molecule has 0 N–H and O–H groups in total. The Kier molecular flexibility index (Phi) is 4.63. The van der Waals surface area contributed by atoms with Gasteiger partial charge in [-0.05, 0) is 76.9 Å². The van der Waals surface area contributed by atoms with Gasteiger partial charge in [0.05, 0.1) is 30.8 Å². The van der Waals surface area contributed by atoms with Gasteiger partial charge in [-0.3, -0.25) is 0 Å². The number of rotatable bonds is 0. The highest BCUT2D eigenvalue weighted by Crippen LogP contribution is 2.56. The lowest BCUT2D eigenvalue weighted by atomic mass is 9.67. The van der Waals surface area contributed by atoms with Crippen molar-refractivity contribution in [2.75, 3.05) is 23.1 Å². The Labute approximate surface area is 236 Å². The highest BCUT2D eigenvalue weighted by Gasteiger charge is 2.46. The molecule has 4 heteroatoms. The van der Waals surface area contributed by atoms with E-state index in [2.05, 4.69) is 141 Å². The molecule has 2 unspecified atom stereocenters. The summed E-state index contributed by atoms with van der Waals surface area (Å²) in [4.78, 5) is 10.0. The highest BCUT2D eigenvalue weighted by atomic mass is 15.4. The van der Waals surface area contributed by atoms with Gasteiger partial charge < -0.3 is 19.6 Å². The molecule has 8 bridgehead atoms. The van der Waals surface area contributed by atoms with Gasteiger partial charge in [-0.25, -0.2) is 0 Å². The van der Waals surface area contributed by atoms with Crippen LogP contribution in [0.5, 0.6) is 0 Å². The Morgan fingerprint density at radius 3 is 1.55 bits per heavy atom. The molecule has 2 atom stereocenters. The van der Waals surface area contributed by atoms with Crippen LogP contribution >= 0.6 is 0 Å². The summed E-state index contributed by atoms with van der Waals surface area (Å²) in [5, 5.41) is 0. The van der Waals surface area contributed by atoms with Crippen LogP contribution in [0.15, 0.2) is 122 Å². The molecule has 4 aromatic carbocycles. The summed E-state index contributed by atoms with van der Waals surface area (Å²) in [7, 11) is 0. The van der Waals surface area contributed by atoms with Crippen molar-refractivity contribution in [1.29, 1.82) is 0 Å². The summed E-state index contributed by atoms with van der Waals surface area (Å²) < 4.78 is 0. The second-order valence-electron chi connectivity index (χ2n) is 11.9. The SMILES string of the molecule is C1=CN2CN1c1cccc(c1)C1(c3cccc(c3)N3C=CN(C3)C3CCCC32)c2ccccc2-c2ccccc21. The van der Waals surface area contributed by atoms with Gasteiger partial charge in [-0.2, -0.15) is 0 Å². The van der Waals surface area contributed by atoms with Gasteiger partial charge in [-0.15, -0.1) is 0 Å². The van der Waals surface area contributed by atoms with E-state index >= 15 is 0 Å². The number of nitrogens with zero attached hydrogens (tertiary/aromatic N) is 4. The second kappa shape index (κ2) is 8.28. The molecule has 4 nitrogen and oxygen atoms in total. The zero-order valence-corrected chi connectivity index (χ0v) is 22.5. The van der Waals surface area contributed by atoms with Crippen LogP contribution in [0.2, 0.25) is 0 Å². The fourth-order valence-electron chi connectivity index (χ4n) is 8.19. The molecule has 3 aliphatic heterocycles. The first kappa shape index (κ1) is 22.4. The molecule has 2 aliphatic carbocycles. The number of anilines is 2. The summed E-state index contributed by atoms with van der Waals surface area (Å²) in [5.41, 5.74) is 10.1. The molecule has 196 valence electrons. The second-order valence-corrected chi connectivity index (χ2v) is 11.9. The van der Waals surface area contributed by atoms with E-state index in [1.54, 1.807) is 0 Å². The summed E-state index contributed by atoms with van der Waals surface area (Å²) in [6.07, 6.45) is 13.0. The van der Waals surface area contributed by atoms with Gasteiger partial charge in [-0.1, -0.05) is 72.8 Å². The molecule has 3 heterocycles. The summed E-state index contributed by atoms with van der Waals surface area (Å²) in [6.45, 7) is 1.81. The van der Waals surface area contributed by atoms with Crippen molar-refractivity contribution in [2.24, 2.45) is 0 Å². The number of benzene rings is 4. The van der Waals surface area contributed by atoms with Crippen molar-refractivity contribution in [2.45, 2.75) is 36.8 Å². The molecule has 1 saturated carbocycles. The first-order valence-electron chi connectivity index (χ1n) is 14.6. The van der Waals surface area contributed by atoms with E-state index in [0.29, 0.717) is 12.1 Å². The lowest BCUT2D eigenvalue weighted by Gasteiger charge is -2.36. The van der Waals surface area contributed by atoms with Crippen LogP contribution in [-0.2, 0) is 5.41 Å². The van der Waals surface area contributed by atoms with Crippen LogP contribution in [0.4, 0.5) is 11.4 Å². The average molecular weight is 521 g/mol. The zero-order chi connectivity index (χ0) is 26.3. The van der Waals surface area contributed by atoms with E-state index in [1.807, 2.05) is 0 Å². The molecule has 0 saturated heterocycles. The van der Waals surface area contributed by atoms with Gasteiger partial charge in [0.2, 0.25) is 0 Å². The number of hydrogen-bond acceptors (Lipinski definition) is 4. The van der Waals surface area contributed by atoms with Crippen LogP contribution in [0.25, 0.3) is 11.1 Å². The van der Waals surface area contributed by atoms with Gasteiger partial charge in [0.25, 0.3) is 0 Å². The predicted molar refractivity (Wildman–Crippen MR) is 162 cm³/mol. The van der Waals surface area contributed by atoms with Crippen molar-refractivity contribution < 1.29 is 0 Å². The molecule has 40 heavy (non-hydrogen) atoms. The fourth-order valence-corrected chi connectivity index (χ4v) is 8.19. The normalized spacial score (nSPS) is 22.8. The van der Waals surface area contributed by atoms with Gasteiger partial charge in [0.15, 0.2) is 0 Å². The van der Waals surface area contributed by atoms with Crippen molar-refractivity contribution in [3.8, 4) is 11.1 Å². The first-order valence-corrected chi connectivity index (χ1v) is 14.6. The van der Waals surface area contributed by atoms with Crippen molar-refractivity contribution in [1.82, 2.24) is 9.80 Å². The summed E-state index contributed by atoms with van der Waals surface area (Å²) >= 11 is 0. The van der Waals surface area contributed by atoms with Crippen LogP contribution < -0.4 is 9.80 Å². The maximum atomic E-state index is 2.58. The fraction of sp³-hybridized carbons (Fsp3) is 0.222. The molecule has 4 aromatic rings. The van der Waals surface area contributed by atoms with E-state index in [0.717, 1.165) is 13.3 Å². The molecular weight excluding hydrogens is 488 g/mol. The largest absolute Gasteiger partial charge is 0.353 e. The minimum atomic E-state index is -0.401. The van der Waals surface area contributed by atoms with E-state index in [9.17, 15) is 0 Å². The van der Waals surface area contributed by atoms with E-state index in [-0.39, 0.29) is 0 Å². The highest BCUT2D eigenvalue weighted by molar-refractivity contribution is 5.86. The molecule has 1 spiro atoms. The molecule has 0 radical (unpaired) electrons. The van der Waals surface area contributed by atoms with Crippen molar-refractivity contribution in [3.05, 3.63) is 144 Å². The molecule has 0 aromatic heterocycles. The lowest BCUT2D eigenvalue weighted by Crippen LogP contribution is -2.46. The Morgan fingerprint density at radius 2 is 1.02 bits per heavy atom. The third kappa shape index (κ3) is 2.96. The zero-order valence-electron chi connectivity index (χ0n) is 22.5. The molecule has 0 amide bonds. The van der Waals surface area contributed by atoms with Crippen LogP contribution in [0.3, 0.4) is 0 Å². The first-order chi connectivity index (χ1) is 19.8. The third-order valence-electron chi connectivity index (χ3n) is 9.98. The van der Waals surface area contributed by atoms with Crippen LogP contribution in [0, 0.1) is 0 Å². The Morgan fingerprint density at radius 1 is 0.525 bits per heavy atom. The van der Waals surface area contributed by atoms with E-state index in [4.69, 9.17) is 0 Å². The Hall–Kier alpha value is -4.44. The maximum absolute atomic E-state index is 2.58. The summed E-state index contributed by atoms with van der Waals surface area (Å²) in [6, 6.07) is 37.8. The lowest BCUT2D eigenvalue weighted by molar-refractivity contribution is 0.181. The Balaban J connectivity index is 1.33. The molecule has 9 rings (SSSR count). The quantitative estimate of drug-likeness (QED) is 0.216. The third-order valence-corrected chi connectivity index (χ3v) is 9.98. The standard InChI is InChI=1S/C36H32N4/c1-3-14-32-30(12-1)31-13-2-4-15-33(31)36(32)26-8-5-10-28(22-26)37-18-20-39(24-37)34-16-7-17-35(34)40-21-19-38(25-40)29-11-6-9-27(36)23-29/h1-6,8-15,18-23,34-35H,7,16-17,24-25H2. The van der Waals surface area contributed by atoms with Crippen LogP contribution in [0.1, 0.15) is 41.5 Å². The number of hydrogen-bond donors (Lipinski definition) is 0. The minimum Gasteiger partial charge on any atom is -0.353 e. The average Bonchev–Trinajstić information content (AvgIpc) is 3.81. The molecular formula is C36H32N4. The van der Waals surface area contributed by atoms with Gasteiger partial charge in [0.1, 0.15) is 0 Å². The van der Waals surface area contributed by atoms with E-state index in [1.165, 1.54) is 64.0 Å². The van der Waals surface area contributed by atoms with Crippen molar-refractivity contribution >= 4 is 11.4 Å². The predicted octanol–water partition coefficient (Wildman–Crippen LogP) is 7.09. The maximum Gasteiger partial charge on any atom is 0.0945 e. The topological polar surface area (TPSA) is 13.0 Å². The van der Waals surface area contributed by atoms with Crippen molar-refractivity contribution in [3.63, 3.8) is 0 Å². The minimum absolute atomic E-state index is 0.401. The smallest absolute Gasteiger partial charge is 0.0945 e. The molecule has 1 fully saturated rings. The summed E-state index contributed by atoms with van der Waals surface area (Å²) in [5.74, 6) is 0. The number of fused-ring (bicyclic) bond motifs is 20.